The standard InChI is InChI=1S/C30H35ClFN3O3/c1-3-13-35(28-18-23(30(36)37)8-7-21(28)2)17-16-34-14-11-22(12-15-34)27-5-4-6-29(33-27)38-20-24-9-10-25(31)19-26(24)32/h4-10,18-19,22H,3,11-17,20H2,1-2H3,(H,36,37). The molecule has 1 aromatic heterocycles. The van der Waals surface area contributed by atoms with E-state index in [9.17, 15) is 14.3 Å². The molecule has 0 saturated carbocycles. The second kappa shape index (κ2) is 13.1. The van der Waals surface area contributed by atoms with E-state index in [1.165, 1.54) is 6.07 Å². The summed E-state index contributed by atoms with van der Waals surface area (Å²) < 4.78 is 19.8. The minimum absolute atomic E-state index is 0.0982. The number of nitrogens with zero attached hydrogens (tertiary/aromatic N) is 3. The number of carbonyl (C=O) groups is 1. The summed E-state index contributed by atoms with van der Waals surface area (Å²) >= 11 is 5.83. The maximum absolute atomic E-state index is 14.1. The van der Waals surface area contributed by atoms with Crippen LogP contribution >= 0.6 is 11.6 Å². The fraction of sp³-hybridized carbons (Fsp3) is 0.400. The number of anilines is 1. The topological polar surface area (TPSA) is 65.9 Å². The highest BCUT2D eigenvalue weighted by atomic mass is 35.5. The first kappa shape index (κ1) is 27.9. The molecule has 1 saturated heterocycles. The van der Waals surface area contributed by atoms with Crippen LogP contribution in [0.15, 0.2) is 54.6 Å². The average molecular weight is 540 g/mol. The van der Waals surface area contributed by atoms with Gasteiger partial charge in [0, 0.05) is 53.6 Å². The third kappa shape index (κ3) is 7.23. The fourth-order valence-electron chi connectivity index (χ4n) is 4.95. The second-order valence-electron chi connectivity index (χ2n) is 9.83. The predicted molar refractivity (Wildman–Crippen MR) is 149 cm³/mol. The number of rotatable bonds is 11. The number of aryl methyl sites for hydroxylation is 1. The molecular weight excluding hydrogens is 505 g/mol. The highest BCUT2D eigenvalue weighted by Gasteiger charge is 2.23. The third-order valence-corrected chi connectivity index (χ3v) is 7.35. The fourth-order valence-corrected chi connectivity index (χ4v) is 5.11. The Morgan fingerprint density at radius 3 is 2.66 bits per heavy atom. The third-order valence-electron chi connectivity index (χ3n) is 7.12. The van der Waals surface area contributed by atoms with Crippen LogP contribution in [0.5, 0.6) is 5.88 Å². The normalized spacial score (nSPS) is 14.4. The summed E-state index contributed by atoms with van der Waals surface area (Å²) in [5.74, 6) is -0.440. The van der Waals surface area contributed by atoms with Crippen LogP contribution in [0.3, 0.4) is 0 Å². The van der Waals surface area contributed by atoms with Gasteiger partial charge in [0.2, 0.25) is 5.88 Å². The van der Waals surface area contributed by atoms with E-state index in [-0.39, 0.29) is 12.4 Å². The van der Waals surface area contributed by atoms with Crippen molar-refractivity contribution >= 4 is 23.3 Å². The molecule has 0 radical (unpaired) electrons. The quantitative estimate of drug-likeness (QED) is 0.298. The van der Waals surface area contributed by atoms with Crippen molar-refractivity contribution in [3.63, 3.8) is 0 Å². The molecule has 4 rings (SSSR count). The Labute approximate surface area is 229 Å². The molecule has 0 bridgehead atoms. The number of aromatic nitrogens is 1. The number of carboxylic acids is 1. The van der Waals surface area contributed by atoms with Crippen LogP contribution in [0, 0.1) is 12.7 Å². The van der Waals surface area contributed by atoms with Gasteiger partial charge in [0.15, 0.2) is 0 Å². The van der Waals surface area contributed by atoms with E-state index in [0.29, 0.717) is 27.9 Å². The Kier molecular flexibility index (Phi) is 9.58. The number of aromatic carboxylic acids is 1. The smallest absolute Gasteiger partial charge is 0.335 e. The van der Waals surface area contributed by atoms with Crippen LogP contribution in [-0.4, -0.2) is 53.7 Å². The van der Waals surface area contributed by atoms with Gasteiger partial charge in [0.05, 0.1) is 5.56 Å². The second-order valence-corrected chi connectivity index (χ2v) is 10.3. The zero-order chi connectivity index (χ0) is 27.1. The Morgan fingerprint density at radius 1 is 1.16 bits per heavy atom. The maximum atomic E-state index is 14.1. The molecule has 0 aliphatic carbocycles. The molecule has 1 aliphatic rings. The lowest BCUT2D eigenvalue weighted by Crippen LogP contribution is -2.40. The Hall–Kier alpha value is -3.16. The molecule has 1 aliphatic heterocycles. The number of carboxylic acid groups (broad SMARTS) is 1. The number of pyridine rings is 1. The number of piperidine rings is 1. The molecule has 0 spiro atoms. The first-order valence-corrected chi connectivity index (χ1v) is 13.6. The molecule has 1 N–H and O–H groups in total. The number of hydrogen-bond acceptors (Lipinski definition) is 5. The first-order chi connectivity index (χ1) is 18.3. The van der Waals surface area contributed by atoms with Gasteiger partial charge in [0.1, 0.15) is 12.4 Å². The molecule has 2 aromatic carbocycles. The average Bonchev–Trinajstić information content (AvgIpc) is 2.91. The van der Waals surface area contributed by atoms with E-state index in [1.54, 1.807) is 30.3 Å². The summed E-state index contributed by atoms with van der Waals surface area (Å²) in [6.45, 7) is 8.89. The summed E-state index contributed by atoms with van der Waals surface area (Å²) in [4.78, 5) is 21.0. The van der Waals surface area contributed by atoms with Crippen LogP contribution in [-0.2, 0) is 6.61 Å². The lowest BCUT2D eigenvalue weighted by molar-refractivity contribution is 0.0697. The van der Waals surface area contributed by atoms with Gasteiger partial charge in [-0.15, -0.1) is 0 Å². The largest absolute Gasteiger partial charge is 0.478 e. The van der Waals surface area contributed by atoms with Gasteiger partial charge in [-0.3, -0.25) is 0 Å². The molecule has 3 aromatic rings. The summed E-state index contributed by atoms with van der Waals surface area (Å²) in [6, 6.07) is 15.7. The van der Waals surface area contributed by atoms with Crippen LogP contribution < -0.4 is 9.64 Å². The zero-order valence-corrected chi connectivity index (χ0v) is 22.8. The highest BCUT2D eigenvalue weighted by Crippen LogP contribution is 2.29. The van der Waals surface area contributed by atoms with E-state index in [4.69, 9.17) is 21.3 Å². The molecule has 0 atom stereocenters. The van der Waals surface area contributed by atoms with Gasteiger partial charge >= 0.3 is 5.97 Å². The minimum Gasteiger partial charge on any atom is -0.478 e. The van der Waals surface area contributed by atoms with E-state index in [0.717, 1.165) is 68.9 Å². The molecule has 1 fully saturated rings. The van der Waals surface area contributed by atoms with Crippen molar-refractivity contribution in [2.45, 2.75) is 45.6 Å². The summed E-state index contributed by atoms with van der Waals surface area (Å²) in [5.41, 5.74) is 3.86. The molecule has 38 heavy (non-hydrogen) atoms. The van der Waals surface area contributed by atoms with Crippen molar-refractivity contribution in [3.8, 4) is 5.88 Å². The van der Waals surface area contributed by atoms with E-state index < -0.39 is 5.97 Å². The van der Waals surface area contributed by atoms with Crippen molar-refractivity contribution < 1.29 is 19.0 Å². The van der Waals surface area contributed by atoms with Gasteiger partial charge < -0.3 is 19.6 Å². The highest BCUT2D eigenvalue weighted by molar-refractivity contribution is 6.30. The van der Waals surface area contributed by atoms with Crippen molar-refractivity contribution in [1.82, 2.24) is 9.88 Å². The van der Waals surface area contributed by atoms with Gasteiger partial charge in [-0.2, -0.15) is 0 Å². The Balaban J connectivity index is 1.31. The number of halogens is 2. The van der Waals surface area contributed by atoms with Crippen molar-refractivity contribution in [2.24, 2.45) is 0 Å². The van der Waals surface area contributed by atoms with Gasteiger partial charge in [-0.05, 0) is 75.2 Å². The van der Waals surface area contributed by atoms with Gasteiger partial charge in [0.25, 0.3) is 0 Å². The van der Waals surface area contributed by atoms with Crippen LogP contribution in [0.25, 0.3) is 0 Å². The molecule has 0 unspecified atom stereocenters. The number of ether oxygens (including phenoxy) is 1. The van der Waals surface area contributed by atoms with Gasteiger partial charge in [-0.1, -0.05) is 36.7 Å². The zero-order valence-electron chi connectivity index (χ0n) is 22.0. The van der Waals surface area contributed by atoms with Gasteiger partial charge in [-0.25, -0.2) is 14.2 Å². The number of likely N-dealkylation sites (tertiary alicyclic amines) is 1. The van der Waals surface area contributed by atoms with E-state index >= 15 is 0 Å². The molecule has 2 heterocycles. The van der Waals surface area contributed by atoms with Crippen molar-refractivity contribution in [2.75, 3.05) is 37.6 Å². The Morgan fingerprint density at radius 2 is 1.95 bits per heavy atom. The summed E-state index contributed by atoms with van der Waals surface area (Å²) in [5, 5.41) is 9.78. The minimum atomic E-state index is -0.898. The predicted octanol–water partition coefficient (Wildman–Crippen LogP) is 6.56. The monoisotopic (exact) mass is 539 g/mol. The molecule has 202 valence electrons. The summed E-state index contributed by atoms with van der Waals surface area (Å²) in [7, 11) is 0. The van der Waals surface area contributed by atoms with Crippen molar-refractivity contribution in [1.29, 1.82) is 0 Å². The SMILES string of the molecule is CCCN(CCN1CCC(c2cccc(OCc3ccc(Cl)cc3F)n2)CC1)c1cc(C(=O)O)ccc1C. The van der Waals surface area contributed by atoms with E-state index in [1.807, 2.05) is 25.1 Å². The van der Waals surface area contributed by atoms with Crippen molar-refractivity contribution in [3.05, 3.63) is 87.8 Å². The summed E-state index contributed by atoms with van der Waals surface area (Å²) in [6.07, 6.45) is 3.00. The van der Waals surface area contributed by atoms with Crippen LogP contribution in [0.1, 0.15) is 59.3 Å². The van der Waals surface area contributed by atoms with E-state index in [2.05, 4.69) is 16.7 Å². The maximum Gasteiger partial charge on any atom is 0.335 e. The molecule has 8 heteroatoms. The van der Waals surface area contributed by atoms with Crippen LogP contribution in [0.2, 0.25) is 5.02 Å². The molecule has 6 nitrogen and oxygen atoms in total. The number of hydrogen-bond donors (Lipinski definition) is 1. The first-order valence-electron chi connectivity index (χ1n) is 13.2. The lowest BCUT2D eigenvalue weighted by atomic mass is 9.93. The lowest BCUT2D eigenvalue weighted by Gasteiger charge is -2.34. The Bertz CT molecular complexity index is 1250. The molecule has 0 amide bonds. The number of benzene rings is 2. The molecular formula is C30H35ClFN3O3. The van der Waals surface area contributed by atoms with Crippen LogP contribution in [0.4, 0.5) is 10.1 Å².